The number of hydrogen-bond donors (Lipinski definition) is 11. The van der Waals surface area contributed by atoms with Gasteiger partial charge in [0.1, 0.15) is 67.1 Å². The molecule has 3 aliphatic heterocycles. The number of allylic oxidation sites excluding steroid dienone is 2. The van der Waals surface area contributed by atoms with E-state index in [0.717, 1.165) is 37.7 Å². The zero-order valence-electron chi connectivity index (χ0n) is 39.8. The van der Waals surface area contributed by atoms with E-state index in [9.17, 15) is 56.2 Å². The Balaban J connectivity index is 1.08. The van der Waals surface area contributed by atoms with Crippen LogP contribution in [0, 0.1) is 45.3 Å². The topological polar surface area (TPSA) is 278 Å². The molecule has 0 spiro atoms. The van der Waals surface area contributed by atoms with Gasteiger partial charge in [0.2, 0.25) is 0 Å². The second kappa shape index (κ2) is 19.0. The van der Waals surface area contributed by atoms with E-state index >= 15 is 0 Å². The van der Waals surface area contributed by atoms with Gasteiger partial charge < -0.3 is 84.6 Å². The molecule has 17 heteroatoms. The van der Waals surface area contributed by atoms with Crippen molar-refractivity contribution in [2.75, 3.05) is 13.2 Å². The Hall–Kier alpha value is -0.940. The predicted octanol–water partition coefficient (Wildman–Crippen LogP) is 1.00. The van der Waals surface area contributed by atoms with Crippen LogP contribution < -0.4 is 0 Å². The minimum absolute atomic E-state index is 0.141. The quantitative estimate of drug-likeness (QED) is 0.0962. The lowest BCUT2D eigenvalue weighted by molar-refractivity contribution is -0.345. The van der Waals surface area contributed by atoms with E-state index in [1.165, 1.54) is 6.92 Å². The first-order valence-electron chi connectivity index (χ1n) is 24.2. The van der Waals surface area contributed by atoms with Crippen molar-refractivity contribution in [3.8, 4) is 0 Å². The summed E-state index contributed by atoms with van der Waals surface area (Å²) in [7, 11) is 0. The van der Waals surface area contributed by atoms with Crippen LogP contribution in [0.3, 0.4) is 0 Å². The summed E-state index contributed by atoms with van der Waals surface area (Å²) in [4.78, 5) is 0. The van der Waals surface area contributed by atoms with Gasteiger partial charge in [-0.15, -0.1) is 0 Å². The molecule has 4 saturated carbocycles. The molecule has 0 aromatic carbocycles. The molecular weight excluding hydrogens is 849 g/mol. The van der Waals surface area contributed by atoms with Crippen LogP contribution in [0.1, 0.15) is 120 Å². The predicted molar refractivity (Wildman–Crippen MR) is 232 cm³/mol. The van der Waals surface area contributed by atoms with Crippen LogP contribution in [-0.4, -0.2) is 179 Å². The highest BCUT2D eigenvalue weighted by molar-refractivity contribution is 5.20. The van der Waals surface area contributed by atoms with Crippen molar-refractivity contribution in [1.29, 1.82) is 0 Å². The normalized spacial score (nSPS) is 53.0. The third-order valence-electron chi connectivity index (χ3n) is 18.7. The first kappa shape index (κ1) is 51.9. The van der Waals surface area contributed by atoms with Crippen molar-refractivity contribution < 1.29 is 84.6 Å². The number of fused-ring (bicyclic) bond motifs is 5. The molecule has 0 radical (unpaired) electrons. The standard InChI is InChI=1S/C48H82O17/c1-22(2)11-10-15-48(9,65-43-40(59)36(55)33(52)26(20-49)62-43)24-12-17-47(8)31(24)25(50)19-29-45(6)16-14-30(44(4,5)28(45)13-18-46(29,47)7)64-42-39(58)37(56)34(53)27(63-42)21-60-41-38(57)35(54)32(51)23(3)61-41/h11,23-43,49-59H,10,12-21H2,1-9H3/t23-,24?,25?,26-,27-,28?,29?,30?,31?,32+,33-,34-,35-,36-,37-,38-,39-,40-,41-,42+,43+,45?,46?,47?,48?/m1/s1. The fraction of sp³-hybridized carbons (Fsp3) is 0.958. The summed E-state index contributed by atoms with van der Waals surface area (Å²) >= 11 is 0. The Labute approximate surface area is 384 Å². The third kappa shape index (κ3) is 8.84. The number of hydrogen-bond acceptors (Lipinski definition) is 17. The van der Waals surface area contributed by atoms with Crippen molar-refractivity contribution in [1.82, 2.24) is 0 Å². The fourth-order valence-corrected chi connectivity index (χ4v) is 14.7. The van der Waals surface area contributed by atoms with Gasteiger partial charge in [0, 0.05) is 0 Å². The fourth-order valence-electron chi connectivity index (χ4n) is 14.7. The highest BCUT2D eigenvalue weighted by Crippen LogP contribution is 2.76. The van der Waals surface area contributed by atoms with Crippen molar-refractivity contribution in [3.63, 3.8) is 0 Å². The lowest BCUT2D eigenvalue weighted by Crippen LogP contribution is -2.67. The Morgan fingerprint density at radius 2 is 1.25 bits per heavy atom. The summed E-state index contributed by atoms with van der Waals surface area (Å²) in [6.45, 7) is 18.1. The molecule has 3 heterocycles. The van der Waals surface area contributed by atoms with E-state index in [0.29, 0.717) is 25.7 Å². The van der Waals surface area contributed by atoms with E-state index in [1.807, 2.05) is 20.8 Å². The molecule has 7 aliphatic rings. The highest BCUT2D eigenvalue weighted by Gasteiger charge is 2.72. The molecule has 7 fully saturated rings. The van der Waals surface area contributed by atoms with Crippen LogP contribution in [0.25, 0.3) is 0 Å². The molecule has 4 aliphatic carbocycles. The summed E-state index contributed by atoms with van der Waals surface area (Å²) in [5.41, 5.74) is -0.913. The lowest BCUT2D eigenvalue weighted by Gasteiger charge is -2.71. The van der Waals surface area contributed by atoms with Crippen molar-refractivity contribution in [2.24, 2.45) is 45.3 Å². The molecule has 0 aromatic heterocycles. The van der Waals surface area contributed by atoms with Crippen molar-refractivity contribution in [3.05, 3.63) is 11.6 Å². The Morgan fingerprint density at radius 1 is 0.662 bits per heavy atom. The molecule has 25 atom stereocenters. The van der Waals surface area contributed by atoms with Gasteiger partial charge >= 0.3 is 0 Å². The van der Waals surface area contributed by atoms with E-state index in [-0.39, 0.29) is 46.5 Å². The Bertz CT molecular complexity index is 1660. The monoisotopic (exact) mass is 931 g/mol. The molecule has 376 valence electrons. The van der Waals surface area contributed by atoms with Gasteiger partial charge in [-0.3, -0.25) is 0 Å². The largest absolute Gasteiger partial charge is 0.394 e. The van der Waals surface area contributed by atoms with Crippen molar-refractivity contribution >= 4 is 0 Å². The van der Waals surface area contributed by atoms with Gasteiger partial charge in [0.25, 0.3) is 0 Å². The molecule has 3 saturated heterocycles. The average molecular weight is 931 g/mol. The molecule has 10 unspecified atom stereocenters. The van der Waals surface area contributed by atoms with Crippen LogP contribution in [0.5, 0.6) is 0 Å². The second-order valence-corrected chi connectivity index (χ2v) is 22.9. The van der Waals surface area contributed by atoms with Crippen LogP contribution >= 0.6 is 0 Å². The van der Waals surface area contributed by atoms with Gasteiger partial charge in [0.05, 0.1) is 37.1 Å². The van der Waals surface area contributed by atoms with Gasteiger partial charge in [0.15, 0.2) is 18.9 Å². The highest BCUT2D eigenvalue weighted by atomic mass is 16.7. The number of rotatable bonds is 12. The first-order valence-corrected chi connectivity index (χ1v) is 24.2. The molecular formula is C48H82O17. The summed E-state index contributed by atoms with van der Waals surface area (Å²) in [5.74, 6) is -0.0150. The minimum Gasteiger partial charge on any atom is -0.394 e. The third-order valence-corrected chi connectivity index (χ3v) is 18.7. The summed E-state index contributed by atoms with van der Waals surface area (Å²) < 4.78 is 36.7. The van der Waals surface area contributed by atoms with E-state index in [2.05, 4.69) is 40.7 Å². The maximum atomic E-state index is 12.6. The number of aliphatic hydroxyl groups excluding tert-OH is 11. The molecule has 7 rings (SSSR count). The molecule has 65 heavy (non-hydrogen) atoms. The molecule has 11 N–H and O–H groups in total. The molecule has 17 nitrogen and oxygen atoms in total. The van der Waals surface area contributed by atoms with E-state index < -0.39 is 122 Å². The lowest BCUT2D eigenvalue weighted by atomic mass is 9.35. The maximum absolute atomic E-state index is 12.6. The minimum atomic E-state index is -1.64. The van der Waals surface area contributed by atoms with E-state index in [1.54, 1.807) is 0 Å². The summed E-state index contributed by atoms with van der Waals surface area (Å²) in [6.07, 6.45) is -13.3. The SMILES string of the molecule is CC(C)=CCCC(C)(O[C@@H]1O[C@H](CO)[C@@H](O)[C@@H](O)[C@H]1O)C1CCC2(C)C1C(O)CC1C3(C)CCC(O[C@@H]4O[C@H](CO[C@@H]5O[C@H](C)[C@H](O)[C@@H](O)[C@H]5O)[C@@H](O)[C@@H](O)[C@H]4O)C(C)(C)C3CCC12C. The smallest absolute Gasteiger partial charge is 0.187 e. The maximum Gasteiger partial charge on any atom is 0.187 e. The zero-order chi connectivity index (χ0) is 47.9. The van der Waals surface area contributed by atoms with Crippen LogP contribution in [0.2, 0.25) is 0 Å². The summed E-state index contributed by atoms with van der Waals surface area (Å²) in [5, 5.41) is 119. The Kier molecular flexibility index (Phi) is 15.2. The first-order chi connectivity index (χ1) is 30.3. The second-order valence-electron chi connectivity index (χ2n) is 22.9. The molecule has 0 aromatic rings. The van der Waals surface area contributed by atoms with Crippen LogP contribution in [-0.2, 0) is 28.4 Å². The Morgan fingerprint density at radius 3 is 1.89 bits per heavy atom. The van der Waals surface area contributed by atoms with Crippen molar-refractivity contribution in [2.45, 2.75) is 230 Å². The number of ether oxygens (including phenoxy) is 6. The number of aliphatic hydroxyl groups is 11. The zero-order valence-corrected chi connectivity index (χ0v) is 39.8. The van der Waals surface area contributed by atoms with Gasteiger partial charge in [-0.25, -0.2) is 0 Å². The average Bonchev–Trinajstić information content (AvgIpc) is 3.63. The molecule has 0 bridgehead atoms. The van der Waals surface area contributed by atoms with Gasteiger partial charge in [-0.05, 0) is 131 Å². The molecule has 0 amide bonds. The van der Waals surface area contributed by atoms with Crippen LogP contribution in [0.15, 0.2) is 11.6 Å². The summed E-state index contributed by atoms with van der Waals surface area (Å²) in [6, 6.07) is 0. The van der Waals surface area contributed by atoms with Gasteiger partial charge in [-0.1, -0.05) is 46.3 Å². The van der Waals surface area contributed by atoms with Gasteiger partial charge in [-0.2, -0.15) is 0 Å². The van der Waals surface area contributed by atoms with E-state index in [4.69, 9.17) is 28.4 Å². The van der Waals surface area contributed by atoms with Crippen LogP contribution in [0.4, 0.5) is 0 Å².